The number of non-ortho nitro benzene ring substituents is 1. The number of aromatic nitrogens is 1. The Bertz CT molecular complexity index is 1080. The number of nitro benzene ring substituents is 1. The van der Waals surface area contributed by atoms with Crippen molar-refractivity contribution in [2.75, 3.05) is 7.11 Å². The monoisotopic (exact) mass is 378 g/mol. The van der Waals surface area contributed by atoms with Gasteiger partial charge in [-0.05, 0) is 36.4 Å². The number of rotatable bonds is 4. The number of methoxy groups -OCH3 is 1. The molecule has 9 heteroatoms. The van der Waals surface area contributed by atoms with Crippen molar-refractivity contribution in [3.05, 3.63) is 63.8 Å². The highest BCUT2D eigenvalue weighted by Gasteiger charge is 2.29. The van der Waals surface area contributed by atoms with Crippen LogP contribution in [0.15, 0.2) is 58.5 Å². The molecule has 3 aromatic rings. The number of pyridine rings is 1. The molecule has 1 heterocycles. The van der Waals surface area contributed by atoms with Gasteiger partial charge in [-0.25, -0.2) is 13.4 Å². The molecule has 0 aliphatic heterocycles. The maximum absolute atomic E-state index is 13.1. The normalized spacial score (nSPS) is 11.4. The number of nitro groups is 1. The van der Waals surface area contributed by atoms with E-state index in [4.69, 9.17) is 16.3 Å². The molecule has 0 aliphatic rings. The Labute approximate surface area is 147 Å². The molecule has 0 aliphatic carbocycles. The second-order valence-corrected chi connectivity index (χ2v) is 7.36. The highest BCUT2D eigenvalue weighted by Crippen LogP contribution is 2.40. The highest BCUT2D eigenvalue weighted by molar-refractivity contribution is 7.91. The van der Waals surface area contributed by atoms with E-state index in [0.717, 1.165) is 6.07 Å². The number of fused-ring (bicyclic) bond motifs is 1. The van der Waals surface area contributed by atoms with Crippen LogP contribution in [-0.4, -0.2) is 25.4 Å². The first-order valence-corrected chi connectivity index (χ1v) is 8.83. The zero-order valence-corrected chi connectivity index (χ0v) is 14.4. The molecule has 3 rings (SSSR count). The first kappa shape index (κ1) is 17.1. The molecule has 0 saturated heterocycles. The SMILES string of the molecule is COc1cc([N+](=O)[O-])c2ncccc2c1S(=O)(=O)c1ccc(Cl)cc1. The number of sulfone groups is 1. The van der Waals surface area contributed by atoms with Crippen LogP contribution in [0, 0.1) is 10.1 Å². The smallest absolute Gasteiger partial charge is 0.299 e. The summed E-state index contributed by atoms with van der Waals surface area (Å²) in [5.41, 5.74) is -0.358. The van der Waals surface area contributed by atoms with Gasteiger partial charge >= 0.3 is 0 Å². The van der Waals surface area contributed by atoms with E-state index in [9.17, 15) is 18.5 Å². The van der Waals surface area contributed by atoms with Crippen molar-refractivity contribution in [2.45, 2.75) is 9.79 Å². The van der Waals surface area contributed by atoms with Crippen LogP contribution < -0.4 is 4.74 Å². The van der Waals surface area contributed by atoms with Gasteiger partial charge in [0.1, 0.15) is 16.2 Å². The Kier molecular flexibility index (Phi) is 4.32. The zero-order valence-electron chi connectivity index (χ0n) is 12.8. The molecule has 0 atom stereocenters. The summed E-state index contributed by atoms with van der Waals surface area (Å²) in [4.78, 5) is 14.5. The van der Waals surface area contributed by atoms with Gasteiger partial charge in [-0.3, -0.25) is 10.1 Å². The summed E-state index contributed by atoms with van der Waals surface area (Å²) in [5, 5.41) is 11.8. The average Bonchev–Trinajstić information content (AvgIpc) is 2.60. The van der Waals surface area contributed by atoms with Crippen LogP contribution in [0.1, 0.15) is 0 Å². The van der Waals surface area contributed by atoms with Crippen LogP contribution in [0.2, 0.25) is 5.02 Å². The van der Waals surface area contributed by atoms with E-state index in [1.807, 2.05) is 0 Å². The van der Waals surface area contributed by atoms with Crippen LogP contribution >= 0.6 is 11.6 Å². The zero-order chi connectivity index (χ0) is 18.2. The predicted octanol–water partition coefficient (Wildman–Crippen LogP) is 3.64. The molecular weight excluding hydrogens is 368 g/mol. The third-order valence-corrected chi connectivity index (χ3v) is 5.70. The van der Waals surface area contributed by atoms with Gasteiger partial charge in [-0.1, -0.05) is 11.6 Å². The lowest BCUT2D eigenvalue weighted by atomic mass is 10.2. The fourth-order valence-corrected chi connectivity index (χ4v) is 4.20. The van der Waals surface area contributed by atoms with Crippen molar-refractivity contribution in [1.29, 1.82) is 0 Å². The van der Waals surface area contributed by atoms with Gasteiger partial charge in [0.05, 0.1) is 23.0 Å². The summed E-state index contributed by atoms with van der Waals surface area (Å²) in [5.74, 6) is -0.123. The molecule has 128 valence electrons. The first-order chi connectivity index (χ1) is 11.9. The molecule has 1 aromatic heterocycles. The topological polar surface area (TPSA) is 99.4 Å². The standard InChI is InChI=1S/C16H11ClN2O5S/c1-24-14-9-13(19(20)21)15-12(3-2-8-18-15)16(14)25(22,23)11-6-4-10(17)5-7-11/h2-9H,1H3. The van der Waals surface area contributed by atoms with E-state index in [1.54, 1.807) is 0 Å². The lowest BCUT2D eigenvalue weighted by molar-refractivity contribution is -0.383. The van der Waals surface area contributed by atoms with Crippen LogP contribution in [0.3, 0.4) is 0 Å². The van der Waals surface area contributed by atoms with Gasteiger partial charge in [0.2, 0.25) is 9.84 Å². The number of benzene rings is 2. The lowest BCUT2D eigenvalue weighted by Crippen LogP contribution is -2.07. The molecule has 0 N–H and O–H groups in total. The van der Waals surface area contributed by atoms with E-state index in [1.165, 1.54) is 49.7 Å². The minimum absolute atomic E-state index is 0.00536. The molecule has 25 heavy (non-hydrogen) atoms. The minimum Gasteiger partial charge on any atom is -0.495 e. The summed E-state index contributed by atoms with van der Waals surface area (Å²) in [7, 11) is -2.76. The summed E-state index contributed by atoms with van der Waals surface area (Å²) in [6, 6.07) is 9.66. The molecule has 0 bridgehead atoms. The predicted molar refractivity (Wildman–Crippen MR) is 91.9 cm³/mol. The summed E-state index contributed by atoms with van der Waals surface area (Å²) in [6.07, 6.45) is 1.36. The Morgan fingerprint density at radius 2 is 1.88 bits per heavy atom. The van der Waals surface area contributed by atoms with Crippen LogP contribution in [0.25, 0.3) is 10.9 Å². The molecule has 0 saturated carbocycles. The maximum Gasteiger partial charge on any atom is 0.299 e. The molecule has 0 radical (unpaired) electrons. The summed E-state index contributed by atoms with van der Waals surface area (Å²) >= 11 is 5.81. The van der Waals surface area contributed by atoms with E-state index < -0.39 is 14.8 Å². The van der Waals surface area contributed by atoms with Crippen molar-refractivity contribution in [3.8, 4) is 5.75 Å². The minimum atomic E-state index is -4.01. The molecule has 2 aromatic carbocycles. The first-order valence-electron chi connectivity index (χ1n) is 6.97. The second kappa shape index (κ2) is 6.30. The Morgan fingerprint density at radius 1 is 1.20 bits per heavy atom. The van der Waals surface area contributed by atoms with Crippen LogP contribution in [0.5, 0.6) is 5.75 Å². The van der Waals surface area contributed by atoms with Crippen molar-refractivity contribution < 1.29 is 18.1 Å². The van der Waals surface area contributed by atoms with Gasteiger partial charge in [-0.15, -0.1) is 0 Å². The number of halogens is 1. The van der Waals surface area contributed by atoms with Gasteiger partial charge < -0.3 is 4.74 Å². The Balaban J connectivity index is 2.41. The van der Waals surface area contributed by atoms with Crippen LogP contribution in [0.4, 0.5) is 5.69 Å². The van der Waals surface area contributed by atoms with Crippen molar-refractivity contribution in [1.82, 2.24) is 4.98 Å². The van der Waals surface area contributed by atoms with Crippen molar-refractivity contribution >= 4 is 38.0 Å². The fraction of sp³-hybridized carbons (Fsp3) is 0.0625. The number of ether oxygens (including phenoxy) is 1. The molecule has 7 nitrogen and oxygen atoms in total. The summed E-state index contributed by atoms with van der Waals surface area (Å²) < 4.78 is 31.3. The Hall–Kier alpha value is -2.71. The maximum atomic E-state index is 13.1. The van der Waals surface area contributed by atoms with Gasteiger partial charge in [-0.2, -0.15) is 0 Å². The van der Waals surface area contributed by atoms with Gasteiger partial charge in [0.15, 0.2) is 0 Å². The van der Waals surface area contributed by atoms with Gasteiger partial charge in [0.25, 0.3) is 5.69 Å². The average molecular weight is 379 g/mol. The van der Waals surface area contributed by atoms with E-state index >= 15 is 0 Å². The fourth-order valence-electron chi connectivity index (χ4n) is 2.48. The summed E-state index contributed by atoms with van der Waals surface area (Å²) in [6.45, 7) is 0. The van der Waals surface area contributed by atoms with E-state index in [2.05, 4.69) is 4.98 Å². The number of hydrogen-bond donors (Lipinski definition) is 0. The molecule has 0 amide bonds. The quantitative estimate of drug-likeness (QED) is 0.507. The van der Waals surface area contributed by atoms with E-state index in [0.29, 0.717) is 5.02 Å². The van der Waals surface area contributed by atoms with Crippen molar-refractivity contribution in [2.24, 2.45) is 0 Å². The Morgan fingerprint density at radius 3 is 2.48 bits per heavy atom. The van der Waals surface area contributed by atoms with Gasteiger partial charge in [0, 0.05) is 16.6 Å². The van der Waals surface area contributed by atoms with Crippen LogP contribution in [-0.2, 0) is 9.84 Å². The van der Waals surface area contributed by atoms with Crippen molar-refractivity contribution in [3.63, 3.8) is 0 Å². The molecule has 0 spiro atoms. The lowest BCUT2D eigenvalue weighted by Gasteiger charge is -2.13. The second-order valence-electron chi connectivity index (χ2n) is 5.04. The van der Waals surface area contributed by atoms with E-state index in [-0.39, 0.29) is 32.1 Å². The highest BCUT2D eigenvalue weighted by atomic mass is 35.5. The molecular formula is C16H11ClN2O5S. The molecule has 0 unspecified atom stereocenters. The number of nitrogens with zero attached hydrogens (tertiary/aromatic N) is 2. The third-order valence-electron chi connectivity index (χ3n) is 3.60. The molecule has 0 fully saturated rings. The largest absolute Gasteiger partial charge is 0.495 e. The third kappa shape index (κ3) is 2.90. The number of hydrogen-bond acceptors (Lipinski definition) is 6.